The Bertz CT molecular complexity index is 470. The number of anilines is 1. The van der Waals surface area contributed by atoms with Crippen molar-refractivity contribution in [1.82, 2.24) is 19.5 Å². The summed E-state index contributed by atoms with van der Waals surface area (Å²) in [6.07, 6.45) is 2.84. The molecule has 0 fully saturated rings. The molecular weight excluding hydrogens is 182 g/mol. The summed E-state index contributed by atoms with van der Waals surface area (Å²) in [6.45, 7) is 3.29. The summed E-state index contributed by atoms with van der Waals surface area (Å²) >= 11 is 0. The van der Waals surface area contributed by atoms with Gasteiger partial charge in [0, 0.05) is 0 Å². The van der Waals surface area contributed by atoms with Gasteiger partial charge in [-0.05, 0) is 13.8 Å². The van der Waals surface area contributed by atoms with Gasteiger partial charge in [0.1, 0.15) is 17.6 Å². The van der Waals surface area contributed by atoms with Crippen LogP contribution in [0.25, 0.3) is 11.2 Å². The lowest BCUT2D eigenvalue weighted by atomic mass is 10.3. The maximum Gasteiger partial charge on any atom is 0.167 e. The SMILES string of the molecule is CC(C)(O)n1cnc2c(N)ncnc21. The lowest BCUT2D eigenvalue weighted by Crippen LogP contribution is -2.24. The van der Waals surface area contributed by atoms with Crippen molar-refractivity contribution in [2.45, 2.75) is 19.6 Å². The Morgan fingerprint density at radius 2 is 2.07 bits per heavy atom. The molecule has 0 radical (unpaired) electrons. The zero-order valence-corrected chi connectivity index (χ0v) is 7.97. The summed E-state index contributed by atoms with van der Waals surface area (Å²) in [5, 5.41) is 9.79. The van der Waals surface area contributed by atoms with Crippen LogP contribution in [0.1, 0.15) is 13.8 Å². The van der Waals surface area contributed by atoms with E-state index in [1.807, 2.05) is 0 Å². The van der Waals surface area contributed by atoms with Crippen molar-refractivity contribution in [2.24, 2.45) is 0 Å². The first-order chi connectivity index (χ1) is 6.50. The molecule has 2 aromatic heterocycles. The second kappa shape index (κ2) is 2.65. The van der Waals surface area contributed by atoms with E-state index in [1.165, 1.54) is 12.7 Å². The Hall–Kier alpha value is -1.69. The fourth-order valence-corrected chi connectivity index (χ4v) is 1.25. The lowest BCUT2D eigenvalue weighted by molar-refractivity contribution is 0.00520. The molecule has 0 saturated heterocycles. The number of nitrogens with two attached hydrogens (primary N) is 1. The monoisotopic (exact) mass is 193 g/mol. The van der Waals surface area contributed by atoms with Crippen molar-refractivity contribution in [2.75, 3.05) is 5.73 Å². The smallest absolute Gasteiger partial charge is 0.167 e. The third-order valence-electron chi connectivity index (χ3n) is 1.95. The van der Waals surface area contributed by atoms with E-state index in [1.54, 1.807) is 18.4 Å². The van der Waals surface area contributed by atoms with Crippen molar-refractivity contribution >= 4 is 17.0 Å². The topological polar surface area (TPSA) is 89.8 Å². The van der Waals surface area contributed by atoms with Crippen LogP contribution in [0.3, 0.4) is 0 Å². The van der Waals surface area contributed by atoms with Gasteiger partial charge in [-0.25, -0.2) is 15.0 Å². The van der Waals surface area contributed by atoms with E-state index in [-0.39, 0.29) is 0 Å². The van der Waals surface area contributed by atoms with Gasteiger partial charge in [0.25, 0.3) is 0 Å². The van der Waals surface area contributed by atoms with Gasteiger partial charge in [-0.2, -0.15) is 0 Å². The largest absolute Gasteiger partial charge is 0.382 e. The Kier molecular flexibility index (Phi) is 1.68. The van der Waals surface area contributed by atoms with E-state index < -0.39 is 5.72 Å². The minimum atomic E-state index is -1.05. The third kappa shape index (κ3) is 1.20. The lowest BCUT2D eigenvalue weighted by Gasteiger charge is -2.19. The number of rotatable bonds is 1. The zero-order chi connectivity index (χ0) is 10.3. The van der Waals surface area contributed by atoms with E-state index in [0.29, 0.717) is 17.0 Å². The number of hydrogen-bond acceptors (Lipinski definition) is 5. The van der Waals surface area contributed by atoms with E-state index in [4.69, 9.17) is 5.73 Å². The van der Waals surface area contributed by atoms with Gasteiger partial charge in [-0.3, -0.25) is 4.57 Å². The summed E-state index contributed by atoms with van der Waals surface area (Å²) in [4.78, 5) is 11.9. The number of nitrogens with zero attached hydrogens (tertiary/aromatic N) is 4. The van der Waals surface area contributed by atoms with Gasteiger partial charge < -0.3 is 10.8 Å². The molecule has 3 N–H and O–H groups in total. The van der Waals surface area contributed by atoms with Crippen molar-refractivity contribution in [3.63, 3.8) is 0 Å². The van der Waals surface area contributed by atoms with Crippen LogP contribution in [-0.2, 0) is 5.72 Å². The van der Waals surface area contributed by atoms with E-state index >= 15 is 0 Å². The molecule has 6 nitrogen and oxygen atoms in total. The van der Waals surface area contributed by atoms with Gasteiger partial charge in [-0.15, -0.1) is 0 Å². The van der Waals surface area contributed by atoms with Crippen LogP contribution >= 0.6 is 0 Å². The molecule has 2 aromatic rings. The minimum Gasteiger partial charge on any atom is -0.382 e. The maximum atomic E-state index is 9.79. The quantitative estimate of drug-likeness (QED) is 0.670. The Balaban J connectivity index is 2.76. The molecule has 0 aliphatic heterocycles. The zero-order valence-electron chi connectivity index (χ0n) is 7.97. The van der Waals surface area contributed by atoms with Gasteiger partial charge in [0.15, 0.2) is 11.5 Å². The van der Waals surface area contributed by atoms with Gasteiger partial charge in [-0.1, -0.05) is 0 Å². The highest BCUT2D eigenvalue weighted by Gasteiger charge is 2.19. The Morgan fingerprint density at radius 3 is 2.71 bits per heavy atom. The number of fused-ring (bicyclic) bond motifs is 1. The predicted molar refractivity (Wildman–Crippen MR) is 51.3 cm³/mol. The second-order valence-electron chi connectivity index (χ2n) is 3.54. The molecule has 0 amide bonds. The fourth-order valence-electron chi connectivity index (χ4n) is 1.25. The van der Waals surface area contributed by atoms with Crippen LogP contribution in [-0.4, -0.2) is 24.6 Å². The maximum absolute atomic E-state index is 9.79. The molecule has 0 saturated carbocycles. The van der Waals surface area contributed by atoms with E-state index in [0.717, 1.165) is 0 Å². The summed E-state index contributed by atoms with van der Waals surface area (Å²) in [7, 11) is 0. The fraction of sp³-hybridized carbons (Fsp3) is 0.375. The molecular formula is C8H11N5O. The molecule has 0 aliphatic rings. The van der Waals surface area contributed by atoms with Crippen molar-refractivity contribution < 1.29 is 5.11 Å². The highest BCUT2D eigenvalue weighted by atomic mass is 16.3. The molecule has 0 unspecified atom stereocenters. The van der Waals surface area contributed by atoms with Crippen molar-refractivity contribution in [3.8, 4) is 0 Å². The first-order valence-corrected chi connectivity index (χ1v) is 4.16. The second-order valence-corrected chi connectivity index (χ2v) is 3.54. The molecule has 6 heteroatoms. The standard InChI is InChI=1S/C8H11N5O/c1-8(2,14)13-4-12-5-6(9)10-3-11-7(5)13/h3-4,14H,1-2H3,(H2,9,10,11). The number of nitrogen functional groups attached to an aromatic ring is 1. The molecule has 2 rings (SSSR count). The predicted octanol–water partition coefficient (Wildman–Crippen LogP) is 0.0934. The molecule has 2 heterocycles. The average molecular weight is 193 g/mol. The normalized spacial score (nSPS) is 12.2. The highest BCUT2D eigenvalue weighted by Crippen LogP contribution is 2.20. The van der Waals surface area contributed by atoms with Crippen LogP contribution in [0.4, 0.5) is 5.82 Å². The molecule has 0 aromatic carbocycles. The van der Waals surface area contributed by atoms with Gasteiger partial charge >= 0.3 is 0 Å². The van der Waals surface area contributed by atoms with Crippen LogP contribution < -0.4 is 5.73 Å². The third-order valence-corrected chi connectivity index (χ3v) is 1.95. The average Bonchev–Trinajstić information content (AvgIpc) is 2.47. The Labute approximate surface area is 80.4 Å². The molecule has 14 heavy (non-hydrogen) atoms. The Morgan fingerprint density at radius 1 is 1.36 bits per heavy atom. The summed E-state index contributed by atoms with van der Waals surface area (Å²) in [6, 6.07) is 0. The van der Waals surface area contributed by atoms with Crippen LogP contribution in [0.2, 0.25) is 0 Å². The number of aromatic nitrogens is 4. The molecule has 0 bridgehead atoms. The van der Waals surface area contributed by atoms with Crippen LogP contribution in [0.15, 0.2) is 12.7 Å². The first kappa shape index (κ1) is 8.89. The molecule has 0 spiro atoms. The summed E-state index contributed by atoms with van der Waals surface area (Å²) in [5.41, 5.74) is 5.60. The highest BCUT2D eigenvalue weighted by molar-refractivity contribution is 5.81. The number of hydrogen-bond donors (Lipinski definition) is 2. The summed E-state index contributed by atoms with van der Waals surface area (Å²) < 4.78 is 1.54. The van der Waals surface area contributed by atoms with Crippen molar-refractivity contribution in [1.29, 1.82) is 0 Å². The molecule has 0 atom stereocenters. The van der Waals surface area contributed by atoms with Gasteiger partial charge in [0.2, 0.25) is 0 Å². The van der Waals surface area contributed by atoms with Gasteiger partial charge in [0.05, 0.1) is 6.33 Å². The number of imidazole rings is 1. The molecule has 74 valence electrons. The van der Waals surface area contributed by atoms with Crippen LogP contribution in [0, 0.1) is 0 Å². The first-order valence-electron chi connectivity index (χ1n) is 4.16. The van der Waals surface area contributed by atoms with Crippen molar-refractivity contribution in [3.05, 3.63) is 12.7 Å². The number of aliphatic hydroxyl groups is 1. The van der Waals surface area contributed by atoms with E-state index in [2.05, 4.69) is 15.0 Å². The molecule has 0 aliphatic carbocycles. The van der Waals surface area contributed by atoms with Crippen LogP contribution in [0.5, 0.6) is 0 Å². The van der Waals surface area contributed by atoms with E-state index in [9.17, 15) is 5.11 Å². The summed E-state index contributed by atoms with van der Waals surface area (Å²) in [5.74, 6) is 0.318. The minimum absolute atomic E-state index is 0.318.